The molecule has 3 saturated heterocycles. The number of ether oxygens (including phenoxy) is 5. The Morgan fingerprint density at radius 3 is 2.62 bits per heavy atom. The predicted molar refractivity (Wildman–Crippen MR) is 119 cm³/mol. The number of halogens is 1. The van der Waals surface area contributed by atoms with E-state index in [-0.39, 0.29) is 11.3 Å². The molecule has 1 aromatic carbocycles. The Labute approximate surface area is 211 Å². The number of rotatable bonds is 9. The number of carbonyl (C=O) groups is 3. The second-order valence-electron chi connectivity index (χ2n) is 9.54. The first-order chi connectivity index (χ1) is 17.5. The van der Waals surface area contributed by atoms with Crippen molar-refractivity contribution in [3.63, 3.8) is 0 Å². The Balaban J connectivity index is 1.31. The van der Waals surface area contributed by atoms with Gasteiger partial charge in [-0.1, -0.05) is 6.58 Å². The first kappa shape index (κ1) is 25.6. The average molecular weight is 540 g/mol. The van der Waals surface area contributed by atoms with Crippen LogP contribution in [0.15, 0.2) is 30.9 Å². The van der Waals surface area contributed by atoms with Crippen LogP contribution < -0.4 is 4.74 Å². The van der Waals surface area contributed by atoms with Gasteiger partial charge >= 0.3 is 17.9 Å². The van der Waals surface area contributed by atoms with Gasteiger partial charge in [0.1, 0.15) is 36.3 Å². The highest BCUT2D eigenvalue weighted by molar-refractivity contribution is 7.85. The van der Waals surface area contributed by atoms with E-state index in [1.165, 1.54) is 12.1 Å². The van der Waals surface area contributed by atoms with Crippen LogP contribution in [-0.2, 0) is 38.7 Å². The SMILES string of the molecule is C=CC1(Oc2cc(C(=O)OC3C4OC(=O)C5C4OC3C5C(=O)OCCS(=O)(=O)[O-])ccc2F)CCCC1. The Morgan fingerprint density at radius 2 is 1.95 bits per heavy atom. The monoisotopic (exact) mass is 539 g/mol. The normalized spacial score (nSPS) is 31.1. The largest absolute Gasteiger partial charge is 0.748 e. The molecule has 4 aliphatic rings. The molecule has 1 aromatic rings. The Hall–Kier alpha value is -3.03. The quantitative estimate of drug-likeness (QED) is 0.193. The van der Waals surface area contributed by atoms with Crippen molar-refractivity contribution in [1.82, 2.24) is 0 Å². The maximum atomic E-state index is 14.5. The molecule has 4 fully saturated rings. The topological polar surface area (TPSA) is 155 Å². The van der Waals surface area contributed by atoms with Crippen molar-refractivity contribution in [3.8, 4) is 5.75 Å². The number of hydrogen-bond donors (Lipinski definition) is 0. The summed E-state index contributed by atoms with van der Waals surface area (Å²) >= 11 is 0. The van der Waals surface area contributed by atoms with E-state index in [1.807, 2.05) is 0 Å². The minimum atomic E-state index is -4.61. The fraction of sp³-hybridized carbons (Fsp3) is 0.542. The van der Waals surface area contributed by atoms with Gasteiger partial charge in [0.05, 0.1) is 21.4 Å². The summed E-state index contributed by atoms with van der Waals surface area (Å²) in [7, 11) is -4.61. The van der Waals surface area contributed by atoms with Crippen molar-refractivity contribution in [2.24, 2.45) is 11.8 Å². The zero-order valence-corrected chi connectivity index (χ0v) is 20.3. The van der Waals surface area contributed by atoms with Crippen LogP contribution in [0, 0.1) is 17.7 Å². The van der Waals surface area contributed by atoms with E-state index in [0.717, 1.165) is 18.9 Å². The Bertz CT molecular complexity index is 1240. The molecule has 37 heavy (non-hydrogen) atoms. The number of carbonyl (C=O) groups excluding carboxylic acids is 3. The van der Waals surface area contributed by atoms with E-state index in [4.69, 9.17) is 23.7 Å². The van der Waals surface area contributed by atoms with E-state index in [9.17, 15) is 31.7 Å². The molecule has 3 heterocycles. The maximum absolute atomic E-state index is 14.5. The van der Waals surface area contributed by atoms with Crippen LogP contribution in [0.2, 0.25) is 0 Å². The fourth-order valence-electron chi connectivity index (χ4n) is 5.52. The second kappa shape index (κ2) is 9.37. The van der Waals surface area contributed by atoms with Crippen molar-refractivity contribution in [3.05, 3.63) is 42.2 Å². The minimum Gasteiger partial charge on any atom is -0.748 e. The predicted octanol–water partition coefficient (Wildman–Crippen LogP) is 1.26. The lowest BCUT2D eigenvalue weighted by molar-refractivity contribution is -0.155. The number of fused-ring (bicyclic) bond motifs is 1. The van der Waals surface area contributed by atoms with Crippen molar-refractivity contribution < 1.29 is 55.4 Å². The van der Waals surface area contributed by atoms with Gasteiger partial charge in [0, 0.05) is 0 Å². The summed E-state index contributed by atoms with van der Waals surface area (Å²) in [5, 5.41) is 0. The molecule has 6 atom stereocenters. The molecule has 0 N–H and O–H groups in total. The Kier molecular flexibility index (Phi) is 6.49. The summed E-state index contributed by atoms with van der Waals surface area (Å²) in [6.07, 6.45) is 0.699. The van der Waals surface area contributed by atoms with Crippen molar-refractivity contribution in [1.29, 1.82) is 0 Å². The van der Waals surface area contributed by atoms with E-state index in [1.54, 1.807) is 6.08 Å². The van der Waals surface area contributed by atoms with Gasteiger partial charge in [-0.3, -0.25) is 9.59 Å². The van der Waals surface area contributed by atoms with Crippen molar-refractivity contribution in [2.45, 2.75) is 55.7 Å². The van der Waals surface area contributed by atoms with Gasteiger partial charge in [-0.05, 0) is 50.0 Å². The van der Waals surface area contributed by atoms with Crippen LogP contribution in [0.4, 0.5) is 4.39 Å². The van der Waals surface area contributed by atoms with Gasteiger partial charge in [0.2, 0.25) is 0 Å². The molecule has 13 heteroatoms. The smallest absolute Gasteiger partial charge is 0.338 e. The maximum Gasteiger partial charge on any atom is 0.338 e. The summed E-state index contributed by atoms with van der Waals surface area (Å²) in [5.74, 6) is -6.54. The summed E-state index contributed by atoms with van der Waals surface area (Å²) in [6, 6.07) is 3.51. The van der Waals surface area contributed by atoms with Gasteiger partial charge in [-0.25, -0.2) is 17.6 Å². The van der Waals surface area contributed by atoms with Crippen LogP contribution >= 0.6 is 0 Å². The minimum absolute atomic E-state index is 0.0305. The van der Waals surface area contributed by atoms with Gasteiger partial charge in [0.25, 0.3) is 0 Å². The summed E-state index contributed by atoms with van der Waals surface area (Å²) < 4.78 is 74.2. The Morgan fingerprint density at radius 1 is 1.22 bits per heavy atom. The van der Waals surface area contributed by atoms with Crippen LogP contribution in [0.5, 0.6) is 5.75 Å². The third kappa shape index (κ3) is 4.71. The van der Waals surface area contributed by atoms with E-state index < -0.39 is 88.1 Å². The lowest BCUT2D eigenvalue weighted by Crippen LogP contribution is -2.48. The molecule has 1 aliphatic carbocycles. The number of benzene rings is 1. The van der Waals surface area contributed by atoms with Gasteiger partial charge < -0.3 is 28.2 Å². The van der Waals surface area contributed by atoms with Gasteiger partial charge in [-0.15, -0.1) is 0 Å². The summed E-state index contributed by atoms with van der Waals surface area (Å²) in [4.78, 5) is 38.0. The first-order valence-electron chi connectivity index (χ1n) is 11.8. The number of hydrogen-bond acceptors (Lipinski definition) is 11. The zero-order valence-electron chi connectivity index (χ0n) is 19.5. The molecule has 0 amide bonds. The average Bonchev–Trinajstić information content (AvgIpc) is 3.58. The highest BCUT2D eigenvalue weighted by atomic mass is 32.2. The van der Waals surface area contributed by atoms with E-state index in [0.29, 0.717) is 12.8 Å². The highest BCUT2D eigenvalue weighted by Gasteiger charge is 2.72. The first-order valence-corrected chi connectivity index (χ1v) is 13.4. The van der Waals surface area contributed by atoms with Gasteiger partial charge in [0.15, 0.2) is 23.8 Å². The fourth-order valence-corrected chi connectivity index (χ4v) is 5.81. The molecule has 11 nitrogen and oxygen atoms in total. The molecule has 6 unspecified atom stereocenters. The van der Waals surface area contributed by atoms with E-state index in [2.05, 4.69) is 6.58 Å². The highest BCUT2D eigenvalue weighted by Crippen LogP contribution is 2.51. The van der Waals surface area contributed by atoms with Crippen molar-refractivity contribution >= 4 is 28.0 Å². The summed E-state index contributed by atoms with van der Waals surface area (Å²) in [5.41, 5.74) is -0.759. The molecule has 0 aromatic heterocycles. The third-order valence-corrected chi connectivity index (χ3v) is 7.97. The van der Waals surface area contributed by atoms with Crippen LogP contribution in [0.3, 0.4) is 0 Å². The van der Waals surface area contributed by atoms with Crippen LogP contribution in [-0.4, -0.2) is 73.3 Å². The van der Waals surface area contributed by atoms with Gasteiger partial charge in [-0.2, -0.15) is 0 Å². The molecule has 0 radical (unpaired) electrons. The molecule has 1 saturated carbocycles. The molecule has 200 valence electrons. The zero-order chi connectivity index (χ0) is 26.5. The van der Waals surface area contributed by atoms with Crippen molar-refractivity contribution in [2.75, 3.05) is 12.4 Å². The molecule has 2 bridgehead atoms. The molecular formula is C24H24FO11S-. The molecule has 5 rings (SSSR count). The third-order valence-electron chi connectivity index (χ3n) is 7.30. The molecular weight excluding hydrogens is 515 g/mol. The van der Waals surface area contributed by atoms with E-state index >= 15 is 0 Å². The molecule has 0 spiro atoms. The second-order valence-corrected chi connectivity index (χ2v) is 11.1. The standard InChI is InChI=1S/C24H25FO11S/c1-2-24(7-3-4-8-24)36-14-11-12(5-6-13(14)25)21(26)34-19-17-15(22(27)32-9-10-37(29,30)31)16-18(33-17)20(19)35-23(16)28/h2,5-6,11,15-20H,1,3-4,7-10H2,(H,29,30,31)/p-1. The lowest BCUT2D eigenvalue weighted by atomic mass is 9.78. The molecule has 3 aliphatic heterocycles. The van der Waals surface area contributed by atoms with Crippen LogP contribution in [0.1, 0.15) is 36.0 Å². The number of esters is 3. The summed E-state index contributed by atoms with van der Waals surface area (Å²) in [6.45, 7) is 3.10. The van der Waals surface area contributed by atoms with Crippen LogP contribution in [0.25, 0.3) is 0 Å². The lowest BCUT2D eigenvalue weighted by Gasteiger charge is -2.28.